The number of halogens is 3. The number of likely N-dealkylation sites (N-methyl/N-ethyl adjacent to an activating group) is 1. The van der Waals surface area contributed by atoms with Crippen LogP contribution in [0.3, 0.4) is 0 Å². The van der Waals surface area contributed by atoms with Gasteiger partial charge >= 0.3 is 6.09 Å². The summed E-state index contributed by atoms with van der Waals surface area (Å²) in [7, 11) is 3.85. The van der Waals surface area contributed by atoms with Gasteiger partial charge in [0.25, 0.3) is 0 Å². The molecule has 0 unspecified atom stereocenters. The number of ether oxygens (including phenoxy) is 2. The van der Waals surface area contributed by atoms with Crippen LogP contribution in [0.15, 0.2) is 16.2 Å². The van der Waals surface area contributed by atoms with Crippen LogP contribution in [0.5, 0.6) is 5.88 Å². The van der Waals surface area contributed by atoms with Gasteiger partial charge in [0.15, 0.2) is 5.82 Å². The predicted octanol–water partition coefficient (Wildman–Crippen LogP) is 4.46. The van der Waals surface area contributed by atoms with Gasteiger partial charge in [0, 0.05) is 24.5 Å². The number of benzene rings is 1. The van der Waals surface area contributed by atoms with Crippen molar-refractivity contribution >= 4 is 61.8 Å². The highest BCUT2D eigenvalue weighted by Crippen LogP contribution is 2.52. The lowest BCUT2D eigenvalue weighted by molar-refractivity contribution is 0.0133. The second-order valence-corrected chi connectivity index (χ2v) is 12.4. The smallest absolute Gasteiger partial charge is 0.410 e. The summed E-state index contributed by atoms with van der Waals surface area (Å²) in [6.07, 6.45) is -0.792. The minimum Gasteiger partial charge on any atom is -0.470 e. The van der Waals surface area contributed by atoms with E-state index in [1.807, 2.05) is 56.5 Å². The van der Waals surface area contributed by atoms with Crippen molar-refractivity contribution in [2.45, 2.75) is 51.5 Å². The van der Waals surface area contributed by atoms with Crippen LogP contribution in [-0.4, -0.2) is 90.9 Å². The summed E-state index contributed by atoms with van der Waals surface area (Å²) in [5.74, 6) is 1.80. The first-order valence-electron chi connectivity index (χ1n) is 12.4. The monoisotopic (exact) mass is 609 g/mol. The quantitative estimate of drug-likeness (QED) is 0.365. The van der Waals surface area contributed by atoms with Crippen LogP contribution < -0.4 is 14.5 Å². The maximum Gasteiger partial charge on any atom is 0.410 e. The number of fused-ring (bicyclic) bond motifs is 4. The first kappa shape index (κ1) is 27.0. The average Bonchev–Trinajstić information content (AvgIpc) is 2.81. The van der Waals surface area contributed by atoms with Gasteiger partial charge in [-0.3, -0.25) is 0 Å². The maximum atomic E-state index is 15.5. The number of carbonyl (C=O) groups is 1. The first-order chi connectivity index (χ1) is 17.8. The summed E-state index contributed by atoms with van der Waals surface area (Å²) >= 11 is 9.63. The Morgan fingerprint density at radius 2 is 2.03 bits per heavy atom. The molecule has 1 saturated heterocycles. The number of rotatable bonds is 2. The largest absolute Gasteiger partial charge is 0.470 e. The molecule has 4 heterocycles. The average molecular weight is 611 g/mol. The van der Waals surface area contributed by atoms with Crippen molar-refractivity contribution < 1.29 is 23.5 Å². The van der Waals surface area contributed by atoms with Crippen LogP contribution in [-0.2, 0) is 9.53 Å². The molecule has 38 heavy (non-hydrogen) atoms. The summed E-state index contributed by atoms with van der Waals surface area (Å²) in [4.78, 5) is 37.7. The molecule has 3 aliphatic heterocycles. The normalized spacial score (nSPS) is 22.7. The summed E-state index contributed by atoms with van der Waals surface area (Å²) in [5.41, 5.74) is 1.06. The number of aromatic nitrogens is 1. The van der Waals surface area contributed by atoms with Crippen LogP contribution in [0.25, 0.3) is 10.9 Å². The van der Waals surface area contributed by atoms with Gasteiger partial charge in [-0.15, -0.1) is 0 Å². The molecule has 2 aromatic rings. The van der Waals surface area contributed by atoms with E-state index in [2.05, 4.69) is 26.9 Å². The highest BCUT2D eigenvalue weighted by molar-refractivity contribution is 9.10. The lowest BCUT2D eigenvalue weighted by Crippen LogP contribution is -2.64. The molecule has 5 rings (SSSR count). The molecule has 0 radical (unpaired) electrons. The van der Waals surface area contributed by atoms with Gasteiger partial charge in [0.2, 0.25) is 5.88 Å². The van der Waals surface area contributed by atoms with Crippen molar-refractivity contribution in [3.8, 4) is 5.88 Å². The molecule has 3 atom stereocenters. The molecule has 1 fully saturated rings. The molecule has 1 amide bonds. The van der Waals surface area contributed by atoms with Crippen molar-refractivity contribution in [1.29, 1.82) is 0 Å². The van der Waals surface area contributed by atoms with E-state index >= 15 is 4.39 Å². The fraction of sp³-hybridized carbons (Fsp3) is 0.538. The molecule has 0 spiro atoms. The molecule has 12 heteroatoms. The SMILES string of the molecule is C[C@@H]1CN2c3c4c(nc5c(F)c(Br)c(Cl)cc35)O[C@@H](CN(C)C)CN4C(=C=O)[C@H]2CN1C(=O)OC(C)(C)C. The topological polar surface area (TPSA) is 78.5 Å². The van der Waals surface area contributed by atoms with E-state index in [4.69, 9.17) is 21.1 Å². The van der Waals surface area contributed by atoms with Crippen LogP contribution in [0.2, 0.25) is 5.02 Å². The van der Waals surface area contributed by atoms with E-state index in [9.17, 15) is 9.59 Å². The van der Waals surface area contributed by atoms with E-state index in [-0.39, 0.29) is 39.6 Å². The zero-order valence-electron chi connectivity index (χ0n) is 22.1. The number of hydrogen-bond acceptors (Lipinski definition) is 8. The lowest BCUT2D eigenvalue weighted by Gasteiger charge is -2.53. The molecule has 0 bridgehead atoms. The molecule has 1 aromatic carbocycles. The van der Waals surface area contributed by atoms with Crippen molar-refractivity contribution in [1.82, 2.24) is 14.8 Å². The van der Waals surface area contributed by atoms with Crippen LogP contribution in [0, 0.1) is 5.82 Å². The van der Waals surface area contributed by atoms with E-state index < -0.39 is 23.6 Å². The highest BCUT2D eigenvalue weighted by atomic mass is 79.9. The zero-order valence-corrected chi connectivity index (χ0v) is 24.5. The third kappa shape index (κ3) is 4.49. The number of amides is 1. The van der Waals surface area contributed by atoms with Gasteiger partial charge < -0.3 is 29.1 Å². The molecular formula is C26H30BrClFN5O4. The van der Waals surface area contributed by atoms with E-state index in [0.717, 1.165) is 0 Å². The Labute approximate surface area is 234 Å². The fourth-order valence-electron chi connectivity index (χ4n) is 5.42. The molecule has 204 valence electrons. The second kappa shape index (κ2) is 9.55. The number of nitrogens with zero attached hydrogens (tertiary/aromatic N) is 5. The maximum absolute atomic E-state index is 15.5. The minimum atomic E-state index is -0.668. The fourth-order valence-corrected chi connectivity index (χ4v) is 5.91. The number of hydrogen-bond donors (Lipinski definition) is 0. The lowest BCUT2D eigenvalue weighted by atomic mass is 9.95. The third-order valence-corrected chi connectivity index (χ3v) is 8.20. The second-order valence-electron chi connectivity index (χ2n) is 11.2. The number of pyridine rings is 1. The van der Waals surface area contributed by atoms with E-state index in [1.54, 1.807) is 11.0 Å². The molecular weight excluding hydrogens is 581 g/mol. The van der Waals surface area contributed by atoms with Crippen molar-refractivity contribution in [2.75, 3.05) is 50.1 Å². The Kier molecular flexibility index (Phi) is 6.79. The van der Waals surface area contributed by atoms with Crippen LogP contribution in [0.4, 0.5) is 20.6 Å². The summed E-state index contributed by atoms with van der Waals surface area (Å²) in [6, 6.07) is 0.876. The van der Waals surface area contributed by atoms with Gasteiger partial charge in [0.05, 0.1) is 34.3 Å². The minimum absolute atomic E-state index is 0.111. The first-order valence-corrected chi connectivity index (χ1v) is 13.6. The van der Waals surface area contributed by atoms with Crippen molar-refractivity contribution in [2.24, 2.45) is 0 Å². The molecule has 9 nitrogen and oxygen atoms in total. The Balaban J connectivity index is 1.71. The Morgan fingerprint density at radius 3 is 2.66 bits per heavy atom. The number of piperazine rings is 1. The van der Waals surface area contributed by atoms with Gasteiger partial charge in [0.1, 0.15) is 34.5 Å². The van der Waals surface area contributed by atoms with Crippen LogP contribution in [0.1, 0.15) is 27.7 Å². The highest BCUT2D eigenvalue weighted by Gasteiger charge is 2.48. The van der Waals surface area contributed by atoms with Crippen LogP contribution >= 0.6 is 27.5 Å². The predicted molar refractivity (Wildman–Crippen MR) is 147 cm³/mol. The van der Waals surface area contributed by atoms with E-state index in [1.165, 1.54) is 0 Å². The van der Waals surface area contributed by atoms with Gasteiger partial charge in [-0.05, 0) is 63.8 Å². The zero-order chi connectivity index (χ0) is 27.7. The van der Waals surface area contributed by atoms with Gasteiger partial charge in [-0.25, -0.2) is 19.0 Å². The standard InChI is InChI=1S/C26H30BrClFN5O4/c1-13-8-33-17(11-32(13)25(36)38-26(2,3)4)18(12-35)34-10-14(9-31(5)6)37-24-23(34)22(33)15-7-16(28)19(27)20(29)21(15)30-24/h7,13-14,17H,8-11H2,1-6H3/t13-,14+,17-/m1/s1. The van der Waals surface area contributed by atoms with Gasteiger partial charge in [-0.2, -0.15) is 0 Å². The molecule has 1 aromatic heterocycles. The molecule has 0 N–H and O–H groups in total. The molecule has 0 aliphatic carbocycles. The van der Waals surface area contributed by atoms with E-state index in [0.29, 0.717) is 42.1 Å². The summed E-state index contributed by atoms with van der Waals surface area (Å²) < 4.78 is 27.6. The molecule has 3 aliphatic rings. The van der Waals surface area contributed by atoms with Crippen molar-refractivity contribution in [3.05, 3.63) is 27.1 Å². The number of anilines is 2. The molecule has 0 saturated carbocycles. The Bertz CT molecular complexity index is 1380. The Morgan fingerprint density at radius 1 is 1.32 bits per heavy atom. The third-order valence-electron chi connectivity index (χ3n) is 6.90. The number of carbonyl (C=O) groups excluding carboxylic acids is 2. The van der Waals surface area contributed by atoms with Crippen molar-refractivity contribution in [3.63, 3.8) is 0 Å². The Hall–Kier alpha value is -2.59. The summed E-state index contributed by atoms with van der Waals surface area (Å²) in [6.45, 7) is 8.85. The summed E-state index contributed by atoms with van der Waals surface area (Å²) in [5, 5.41) is 0.706. The van der Waals surface area contributed by atoms with Gasteiger partial charge in [-0.1, -0.05) is 11.6 Å².